The SMILES string of the molecule is CCOC1CC(CC(=O)c2c(Cl)cnn2CCN(C)C)C1. The van der Waals surface area contributed by atoms with Crippen molar-refractivity contribution < 1.29 is 9.53 Å². The molecule has 0 unspecified atom stereocenters. The van der Waals surface area contributed by atoms with Crippen molar-refractivity contribution in [2.75, 3.05) is 27.2 Å². The Morgan fingerprint density at radius 1 is 1.52 bits per heavy atom. The normalized spacial score (nSPS) is 21.6. The van der Waals surface area contributed by atoms with Crippen LogP contribution in [-0.2, 0) is 11.3 Å². The third-order valence-corrected chi connectivity index (χ3v) is 4.16. The Kier molecular flexibility index (Phi) is 5.79. The van der Waals surface area contributed by atoms with Crippen molar-refractivity contribution in [1.82, 2.24) is 14.7 Å². The molecule has 0 radical (unpaired) electrons. The Balaban J connectivity index is 1.91. The van der Waals surface area contributed by atoms with E-state index in [9.17, 15) is 4.79 Å². The Morgan fingerprint density at radius 2 is 2.24 bits per heavy atom. The number of likely N-dealkylation sites (N-methyl/N-ethyl adjacent to an activating group) is 1. The molecule has 1 aromatic rings. The summed E-state index contributed by atoms with van der Waals surface area (Å²) in [5.74, 6) is 0.513. The molecule has 0 spiro atoms. The second kappa shape index (κ2) is 7.38. The van der Waals surface area contributed by atoms with Gasteiger partial charge in [0.25, 0.3) is 0 Å². The number of aromatic nitrogens is 2. The fraction of sp³-hybridized carbons (Fsp3) is 0.733. The largest absolute Gasteiger partial charge is 0.378 e. The van der Waals surface area contributed by atoms with Crippen molar-refractivity contribution >= 4 is 17.4 Å². The third kappa shape index (κ3) is 4.28. The van der Waals surface area contributed by atoms with E-state index in [0.29, 0.717) is 35.7 Å². The van der Waals surface area contributed by atoms with Gasteiger partial charge in [-0.2, -0.15) is 5.10 Å². The van der Waals surface area contributed by atoms with Gasteiger partial charge < -0.3 is 9.64 Å². The average Bonchev–Trinajstić information content (AvgIpc) is 2.75. The summed E-state index contributed by atoms with van der Waals surface area (Å²) < 4.78 is 7.26. The number of ether oxygens (including phenoxy) is 1. The van der Waals surface area contributed by atoms with Crippen molar-refractivity contribution in [3.63, 3.8) is 0 Å². The van der Waals surface area contributed by atoms with E-state index in [1.807, 2.05) is 21.0 Å². The van der Waals surface area contributed by atoms with E-state index in [2.05, 4.69) is 10.00 Å². The van der Waals surface area contributed by atoms with Gasteiger partial charge >= 0.3 is 0 Å². The number of rotatable bonds is 8. The van der Waals surface area contributed by atoms with Gasteiger partial charge in [-0.3, -0.25) is 9.48 Å². The molecule has 118 valence electrons. The molecule has 6 heteroatoms. The van der Waals surface area contributed by atoms with Crippen molar-refractivity contribution in [2.24, 2.45) is 5.92 Å². The zero-order chi connectivity index (χ0) is 15.4. The first kappa shape index (κ1) is 16.5. The fourth-order valence-electron chi connectivity index (χ4n) is 2.68. The molecule has 0 atom stereocenters. The van der Waals surface area contributed by atoms with Crippen molar-refractivity contribution in [2.45, 2.75) is 38.8 Å². The Labute approximate surface area is 131 Å². The van der Waals surface area contributed by atoms with Crippen LogP contribution >= 0.6 is 11.6 Å². The summed E-state index contributed by atoms with van der Waals surface area (Å²) in [6.07, 6.45) is 4.39. The fourth-order valence-corrected chi connectivity index (χ4v) is 2.92. The lowest BCUT2D eigenvalue weighted by Gasteiger charge is -2.34. The molecular formula is C15H24ClN3O2. The highest BCUT2D eigenvalue weighted by molar-refractivity contribution is 6.33. The molecular weight excluding hydrogens is 290 g/mol. The topological polar surface area (TPSA) is 47.4 Å². The van der Waals surface area contributed by atoms with Gasteiger partial charge in [-0.1, -0.05) is 11.6 Å². The molecule has 0 amide bonds. The van der Waals surface area contributed by atoms with Crippen LogP contribution in [0.15, 0.2) is 6.20 Å². The van der Waals surface area contributed by atoms with Gasteiger partial charge in [0.15, 0.2) is 5.78 Å². The van der Waals surface area contributed by atoms with Crippen LogP contribution in [0.1, 0.15) is 36.7 Å². The van der Waals surface area contributed by atoms with Crippen molar-refractivity contribution in [3.05, 3.63) is 16.9 Å². The molecule has 21 heavy (non-hydrogen) atoms. The summed E-state index contributed by atoms with van der Waals surface area (Å²) in [6, 6.07) is 0. The predicted octanol–water partition coefficient (Wildman–Crippen LogP) is 2.49. The van der Waals surface area contributed by atoms with Crippen LogP contribution in [-0.4, -0.2) is 53.8 Å². The van der Waals surface area contributed by atoms with E-state index in [1.165, 1.54) is 0 Å². The molecule has 1 aromatic heterocycles. The van der Waals surface area contributed by atoms with E-state index < -0.39 is 0 Å². The number of carbonyl (C=O) groups excluding carboxylic acids is 1. The highest BCUT2D eigenvalue weighted by Crippen LogP contribution is 2.34. The zero-order valence-electron chi connectivity index (χ0n) is 13.0. The maximum absolute atomic E-state index is 12.5. The Morgan fingerprint density at radius 3 is 2.86 bits per heavy atom. The minimum Gasteiger partial charge on any atom is -0.378 e. The predicted molar refractivity (Wildman–Crippen MR) is 82.9 cm³/mol. The highest BCUT2D eigenvalue weighted by Gasteiger charge is 2.32. The van der Waals surface area contributed by atoms with Crippen LogP contribution in [0, 0.1) is 5.92 Å². The molecule has 0 aromatic carbocycles. The summed E-state index contributed by atoms with van der Waals surface area (Å²) in [5, 5.41) is 4.67. The minimum absolute atomic E-state index is 0.0937. The number of ketones is 1. The van der Waals surface area contributed by atoms with Crippen LogP contribution in [0.3, 0.4) is 0 Å². The van der Waals surface area contributed by atoms with E-state index in [0.717, 1.165) is 26.0 Å². The van der Waals surface area contributed by atoms with Gasteiger partial charge in [-0.25, -0.2) is 0 Å². The summed E-state index contributed by atoms with van der Waals surface area (Å²) in [5.41, 5.74) is 0.554. The van der Waals surface area contributed by atoms with E-state index in [4.69, 9.17) is 16.3 Å². The molecule has 1 aliphatic rings. The zero-order valence-corrected chi connectivity index (χ0v) is 13.8. The number of carbonyl (C=O) groups is 1. The molecule has 0 bridgehead atoms. The minimum atomic E-state index is 0.0937. The third-order valence-electron chi connectivity index (χ3n) is 3.89. The first-order chi connectivity index (χ1) is 10.0. The average molecular weight is 314 g/mol. The van der Waals surface area contributed by atoms with E-state index in [1.54, 1.807) is 10.9 Å². The summed E-state index contributed by atoms with van der Waals surface area (Å²) in [4.78, 5) is 14.5. The molecule has 0 saturated heterocycles. The lowest BCUT2D eigenvalue weighted by molar-refractivity contribution is -0.0246. The van der Waals surface area contributed by atoms with Gasteiger partial charge in [0.05, 0.1) is 23.9 Å². The molecule has 1 aliphatic carbocycles. The van der Waals surface area contributed by atoms with Gasteiger partial charge in [0.2, 0.25) is 0 Å². The molecule has 2 rings (SSSR count). The second-order valence-electron chi connectivity index (χ2n) is 5.91. The molecule has 0 aliphatic heterocycles. The van der Waals surface area contributed by atoms with Gasteiger partial charge in [0, 0.05) is 19.6 Å². The van der Waals surface area contributed by atoms with Gasteiger partial charge in [-0.15, -0.1) is 0 Å². The first-order valence-corrected chi connectivity index (χ1v) is 7.89. The maximum atomic E-state index is 12.5. The highest BCUT2D eigenvalue weighted by atomic mass is 35.5. The second-order valence-corrected chi connectivity index (χ2v) is 6.32. The summed E-state index contributed by atoms with van der Waals surface area (Å²) in [6.45, 7) is 4.25. The smallest absolute Gasteiger partial charge is 0.182 e. The summed E-state index contributed by atoms with van der Waals surface area (Å²) in [7, 11) is 3.99. The molecule has 5 nitrogen and oxygen atoms in total. The molecule has 1 fully saturated rings. The van der Waals surface area contributed by atoms with Crippen LogP contribution in [0.25, 0.3) is 0 Å². The first-order valence-electron chi connectivity index (χ1n) is 7.52. The maximum Gasteiger partial charge on any atom is 0.182 e. The number of hydrogen-bond donors (Lipinski definition) is 0. The van der Waals surface area contributed by atoms with Crippen LogP contribution in [0.2, 0.25) is 5.02 Å². The quantitative estimate of drug-likeness (QED) is 0.692. The van der Waals surface area contributed by atoms with Crippen LogP contribution in [0.5, 0.6) is 0 Å². The number of Topliss-reactive ketones (excluding diaryl/α,β-unsaturated/α-hetero) is 1. The number of hydrogen-bond acceptors (Lipinski definition) is 4. The van der Waals surface area contributed by atoms with Crippen molar-refractivity contribution in [1.29, 1.82) is 0 Å². The van der Waals surface area contributed by atoms with Crippen molar-refractivity contribution in [3.8, 4) is 0 Å². The van der Waals surface area contributed by atoms with Crippen LogP contribution < -0.4 is 0 Å². The standard InChI is InChI=1S/C15H24ClN3O2/c1-4-21-12-7-11(8-12)9-14(20)15-13(16)10-17-19(15)6-5-18(2)3/h10-12H,4-9H2,1-3H3. The number of nitrogens with zero attached hydrogens (tertiary/aromatic N) is 3. The van der Waals surface area contributed by atoms with E-state index >= 15 is 0 Å². The summed E-state index contributed by atoms with van der Waals surface area (Å²) >= 11 is 6.14. The molecule has 0 N–H and O–H groups in total. The van der Waals surface area contributed by atoms with Crippen LogP contribution in [0.4, 0.5) is 0 Å². The Hall–Kier alpha value is -0.910. The lowest BCUT2D eigenvalue weighted by Crippen LogP contribution is -2.33. The molecule has 1 heterocycles. The Bertz CT molecular complexity index is 481. The molecule has 1 saturated carbocycles. The monoisotopic (exact) mass is 313 g/mol. The van der Waals surface area contributed by atoms with E-state index in [-0.39, 0.29) is 5.78 Å². The lowest BCUT2D eigenvalue weighted by atomic mass is 9.78. The number of halogens is 1. The van der Waals surface area contributed by atoms with Gasteiger partial charge in [-0.05, 0) is 39.8 Å². The van der Waals surface area contributed by atoms with Gasteiger partial charge in [0.1, 0.15) is 5.69 Å².